The molecule has 0 saturated carbocycles. The Balaban J connectivity index is 2.34. The Labute approximate surface area is 135 Å². The van der Waals surface area contributed by atoms with Gasteiger partial charge in [-0.25, -0.2) is 9.97 Å². The topological polar surface area (TPSA) is 37.8 Å². The molecule has 0 aliphatic rings. The van der Waals surface area contributed by atoms with E-state index >= 15 is 0 Å². The third kappa shape index (κ3) is 4.78. The molecule has 1 aromatic carbocycles. The maximum Gasteiger partial charge on any atom is 0.433 e. The van der Waals surface area contributed by atoms with Crippen molar-refractivity contribution in [1.82, 2.24) is 9.97 Å². The number of benzene rings is 1. The van der Waals surface area contributed by atoms with Gasteiger partial charge in [0.1, 0.15) is 5.03 Å². The van der Waals surface area contributed by atoms with Gasteiger partial charge in [-0.2, -0.15) is 13.2 Å². The van der Waals surface area contributed by atoms with Crippen molar-refractivity contribution >= 4 is 29.3 Å². The molecule has 0 unspecified atom stereocenters. The van der Waals surface area contributed by atoms with Crippen LogP contribution in [0.4, 0.5) is 19.1 Å². The lowest BCUT2D eigenvalue weighted by molar-refractivity contribution is -0.141. The van der Waals surface area contributed by atoms with Crippen LogP contribution in [0.1, 0.15) is 19.5 Å². The number of nitrogens with zero attached hydrogens (tertiary/aromatic N) is 2. The van der Waals surface area contributed by atoms with Crippen molar-refractivity contribution in [3.05, 3.63) is 41.0 Å². The number of rotatable bonds is 4. The van der Waals surface area contributed by atoms with Gasteiger partial charge in [0.15, 0.2) is 5.69 Å². The molecule has 0 fully saturated rings. The van der Waals surface area contributed by atoms with Gasteiger partial charge in [-0.05, 0) is 38.1 Å². The van der Waals surface area contributed by atoms with Crippen LogP contribution in [0, 0.1) is 0 Å². The minimum atomic E-state index is -4.52. The van der Waals surface area contributed by atoms with Gasteiger partial charge in [0.2, 0.25) is 5.95 Å². The Bertz CT molecular complexity index is 645. The number of hydrogen-bond donors (Lipinski definition) is 1. The molecule has 0 radical (unpaired) electrons. The molecule has 0 bridgehead atoms. The van der Waals surface area contributed by atoms with E-state index in [-0.39, 0.29) is 17.0 Å². The highest BCUT2D eigenvalue weighted by atomic mass is 35.5. The number of anilines is 1. The van der Waals surface area contributed by atoms with Crippen molar-refractivity contribution < 1.29 is 13.2 Å². The summed E-state index contributed by atoms with van der Waals surface area (Å²) in [6, 6.07) is 7.64. The lowest BCUT2D eigenvalue weighted by Crippen LogP contribution is -2.16. The molecular formula is C14H13ClF3N3S. The lowest BCUT2D eigenvalue weighted by Gasteiger charge is -2.13. The van der Waals surface area contributed by atoms with E-state index in [9.17, 15) is 13.2 Å². The van der Waals surface area contributed by atoms with Crippen LogP contribution in [0.15, 0.2) is 40.3 Å². The first-order valence-corrected chi connectivity index (χ1v) is 7.60. The number of halogens is 4. The molecule has 0 aliphatic heterocycles. The smallest absolute Gasteiger partial charge is 0.352 e. The highest BCUT2D eigenvalue weighted by Gasteiger charge is 2.33. The minimum Gasteiger partial charge on any atom is -0.352 e. The summed E-state index contributed by atoms with van der Waals surface area (Å²) < 4.78 is 38.8. The first-order valence-electron chi connectivity index (χ1n) is 6.40. The van der Waals surface area contributed by atoms with E-state index in [0.717, 1.165) is 22.7 Å². The predicted octanol–water partition coefficient (Wildman–Crippen LogP) is 5.12. The van der Waals surface area contributed by atoms with Crippen molar-refractivity contribution in [3.8, 4) is 0 Å². The number of aromatic nitrogens is 2. The van der Waals surface area contributed by atoms with Gasteiger partial charge < -0.3 is 5.32 Å². The van der Waals surface area contributed by atoms with Gasteiger partial charge in [0.25, 0.3) is 0 Å². The predicted molar refractivity (Wildman–Crippen MR) is 81.4 cm³/mol. The second-order valence-electron chi connectivity index (χ2n) is 4.77. The minimum absolute atomic E-state index is 0.0405. The quantitative estimate of drug-likeness (QED) is 0.779. The lowest BCUT2D eigenvalue weighted by atomic mass is 10.4. The number of alkyl halides is 3. The molecular weight excluding hydrogens is 335 g/mol. The zero-order valence-corrected chi connectivity index (χ0v) is 13.4. The second kappa shape index (κ2) is 6.75. The zero-order chi connectivity index (χ0) is 16.3. The molecule has 0 amide bonds. The third-order valence-electron chi connectivity index (χ3n) is 2.45. The summed E-state index contributed by atoms with van der Waals surface area (Å²) in [4.78, 5) is 8.37. The first-order chi connectivity index (χ1) is 10.2. The number of hydrogen-bond acceptors (Lipinski definition) is 4. The van der Waals surface area contributed by atoms with Crippen LogP contribution in [-0.4, -0.2) is 16.0 Å². The molecule has 0 atom stereocenters. The van der Waals surface area contributed by atoms with Gasteiger partial charge in [0.05, 0.1) is 0 Å². The van der Waals surface area contributed by atoms with Crippen LogP contribution in [0.25, 0.3) is 0 Å². The first kappa shape index (κ1) is 16.9. The van der Waals surface area contributed by atoms with Gasteiger partial charge in [-0.1, -0.05) is 23.4 Å². The van der Waals surface area contributed by atoms with Gasteiger partial charge >= 0.3 is 6.18 Å². The maximum absolute atomic E-state index is 12.9. The Hall–Kier alpha value is -1.47. The second-order valence-corrected chi connectivity index (χ2v) is 6.30. The zero-order valence-electron chi connectivity index (χ0n) is 11.8. The summed E-state index contributed by atoms with van der Waals surface area (Å²) in [6.45, 7) is 3.60. The Morgan fingerprint density at radius 1 is 1.14 bits per heavy atom. The normalized spacial score (nSPS) is 11.8. The molecule has 0 aliphatic carbocycles. The fourth-order valence-corrected chi connectivity index (χ4v) is 2.51. The number of nitrogens with one attached hydrogen (secondary N) is 1. The van der Waals surface area contributed by atoms with Crippen molar-refractivity contribution in [2.24, 2.45) is 0 Å². The molecule has 8 heteroatoms. The van der Waals surface area contributed by atoms with Crippen LogP contribution in [0.3, 0.4) is 0 Å². The Kier molecular flexibility index (Phi) is 5.18. The van der Waals surface area contributed by atoms with E-state index < -0.39 is 11.9 Å². The molecule has 1 N–H and O–H groups in total. The molecule has 1 heterocycles. The van der Waals surface area contributed by atoms with Gasteiger partial charge in [-0.15, -0.1) is 0 Å². The van der Waals surface area contributed by atoms with E-state index in [2.05, 4.69) is 15.3 Å². The van der Waals surface area contributed by atoms with Crippen LogP contribution in [0.5, 0.6) is 0 Å². The summed E-state index contributed by atoms with van der Waals surface area (Å²) in [5.74, 6) is -0.0405. The third-order valence-corrected chi connectivity index (χ3v) is 3.63. The molecule has 22 heavy (non-hydrogen) atoms. The monoisotopic (exact) mass is 347 g/mol. The van der Waals surface area contributed by atoms with Gasteiger partial charge in [0, 0.05) is 22.0 Å². The average Bonchev–Trinajstić information content (AvgIpc) is 2.39. The van der Waals surface area contributed by atoms with Crippen LogP contribution in [0.2, 0.25) is 5.02 Å². The summed E-state index contributed by atoms with van der Waals surface area (Å²) in [5, 5.41) is 3.57. The van der Waals surface area contributed by atoms with E-state index in [1.807, 2.05) is 0 Å². The van der Waals surface area contributed by atoms with E-state index in [1.54, 1.807) is 38.1 Å². The highest BCUT2D eigenvalue weighted by molar-refractivity contribution is 7.99. The van der Waals surface area contributed by atoms with Crippen LogP contribution < -0.4 is 5.32 Å². The molecule has 0 spiro atoms. The standard InChI is InChI=1S/C14H13ClF3N3S/c1-8(2)19-13-20-11(14(16,17)18)7-12(21-13)22-10-5-3-9(15)4-6-10/h3-8H,1-2H3,(H,19,20,21). The molecule has 2 rings (SSSR count). The van der Waals surface area contributed by atoms with E-state index in [1.165, 1.54) is 0 Å². The van der Waals surface area contributed by atoms with E-state index in [0.29, 0.717) is 5.02 Å². The van der Waals surface area contributed by atoms with Crippen LogP contribution in [-0.2, 0) is 6.18 Å². The van der Waals surface area contributed by atoms with Crippen molar-refractivity contribution in [1.29, 1.82) is 0 Å². The molecule has 0 saturated heterocycles. The molecule has 1 aromatic heterocycles. The molecule has 3 nitrogen and oxygen atoms in total. The summed E-state index contributed by atoms with van der Waals surface area (Å²) in [7, 11) is 0. The van der Waals surface area contributed by atoms with Crippen molar-refractivity contribution in [2.75, 3.05) is 5.32 Å². The van der Waals surface area contributed by atoms with Crippen molar-refractivity contribution in [3.63, 3.8) is 0 Å². The van der Waals surface area contributed by atoms with Crippen molar-refractivity contribution in [2.45, 2.75) is 36.0 Å². The van der Waals surface area contributed by atoms with Crippen LogP contribution >= 0.6 is 23.4 Å². The fourth-order valence-electron chi connectivity index (χ4n) is 1.57. The highest BCUT2D eigenvalue weighted by Crippen LogP contribution is 2.33. The maximum atomic E-state index is 12.9. The average molecular weight is 348 g/mol. The molecule has 2 aromatic rings. The summed E-state index contributed by atoms with van der Waals surface area (Å²) in [5.41, 5.74) is -0.970. The largest absolute Gasteiger partial charge is 0.433 e. The SMILES string of the molecule is CC(C)Nc1nc(Sc2ccc(Cl)cc2)cc(C(F)(F)F)n1. The fraction of sp³-hybridized carbons (Fsp3) is 0.286. The van der Waals surface area contributed by atoms with Gasteiger partial charge in [-0.3, -0.25) is 0 Å². The Morgan fingerprint density at radius 3 is 2.32 bits per heavy atom. The Morgan fingerprint density at radius 2 is 1.77 bits per heavy atom. The summed E-state index contributed by atoms with van der Waals surface area (Å²) in [6.07, 6.45) is -4.52. The summed E-state index contributed by atoms with van der Waals surface area (Å²) >= 11 is 6.91. The molecule has 118 valence electrons. The van der Waals surface area contributed by atoms with E-state index in [4.69, 9.17) is 11.6 Å².